The molecule has 0 aliphatic rings. The quantitative estimate of drug-likeness (QED) is 0.706. The second kappa shape index (κ2) is 7.88. The average Bonchev–Trinajstić information content (AvgIpc) is 2.64. The molecule has 0 saturated heterocycles. The van der Waals surface area contributed by atoms with Gasteiger partial charge in [-0.25, -0.2) is 8.78 Å². The predicted molar refractivity (Wildman–Crippen MR) is 94.3 cm³/mol. The van der Waals surface area contributed by atoms with E-state index in [0.29, 0.717) is 11.6 Å². The van der Waals surface area contributed by atoms with Gasteiger partial charge in [-0.3, -0.25) is 4.79 Å². The molecule has 0 saturated carbocycles. The fourth-order valence-corrected chi connectivity index (χ4v) is 2.25. The van der Waals surface area contributed by atoms with Crippen LogP contribution in [0, 0.1) is 11.6 Å². The summed E-state index contributed by atoms with van der Waals surface area (Å²) in [4.78, 5) is 12.1. The normalized spacial score (nSPS) is 10.4. The van der Waals surface area contributed by atoms with Gasteiger partial charge in [-0.05, 0) is 42.0 Å². The summed E-state index contributed by atoms with van der Waals surface area (Å²) in [6.45, 7) is 0.318. The van der Waals surface area contributed by atoms with E-state index in [9.17, 15) is 13.6 Å². The van der Waals surface area contributed by atoms with E-state index in [0.717, 1.165) is 17.7 Å². The van der Waals surface area contributed by atoms with Gasteiger partial charge in [-0.1, -0.05) is 23.7 Å². The third kappa shape index (κ3) is 4.52. The molecular formula is C18H13ClF2N4O. The fourth-order valence-electron chi connectivity index (χ4n) is 2.12. The topological polar surface area (TPSA) is 66.9 Å². The van der Waals surface area contributed by atoms with Crippen LogP contribution in [0.15, 0.2) is 54.6 Å². The maximum Gasteiger partial charge on any atom is 0.272 e. The van der Waals surface area contributed by atoms with Gasteiger partial charge in [0.1, 0.15) is 11.6 Å². The lowest BCUT2D eigenvalue weighted by Crippen LogP contribution is -2.24. The summed E-state index contributed by atoms with van der Waals surface area (Å²) in [5, 5.41) is 13.6. The van der Waals surface area contributed by atoms with Gasteiger partial charge in [-0.2, -0.15) is 0 Å². The van der Waals surface area contributed by atoms with Gasteiger partial charge in [0.05, 0.1) is 5.69 Å². The Labute approximate surface area is 153 Å². The van der Waals surface area contributed by atoms with Crippen molar-refractivity contribution in [1.29, 1.82) is 0 Å². The molecule has 0 aliphatic heterocycles. The lowest BCUT2D eigenvalue weighted by atomic mass is 10.2. The molecule has 0 aliphatic carbocycles. The molecule has 1 heterocycles. The number of carbonyl (C=O) groups is 1. The maximum absolute atomic E-state index is 13.6. The molecular weight excluding hydrogens is 362 g/mol. The van der Waals surface area contributed by atoms with E-state index in [4.69, 9.17) is 11.6 Å². The van der Waals surface area contributed by atoms with Crippen LogP contribution in [-0.2, 0) is 6.54 Å². The standard InChI is InChI=1S/C18H13ClF2N4O/c19-12-3-1-11(2-4-12)10-22-18(26)16-7-8-17(25-24-16)23-15-6-5-13(20)9-14(15)21/h1-9H,10H2,(H,22,26)(H,23,25). The monoisotopic (exact) mass is 374 g/mol. The molecule has 0 atom stereocenters. The number of nitrogens with one attached hydrogen (secondary N) is 2. The van der Waals surface area contributed by atoms with Crippen LogP contribution >= 0.6 is 11.6 Å². The lowest BCUT2D eigenvalue weighted by Gasteiger charge is -2.07. The Morgan fingerprint density at radius 3 is 2.42 bits per heavy atom. The summed E-state index contributed by atoms with van der Waals surface area (Å²) in [6.07, 6.45) is 0. The number of hydrogen-bond donors (Lipinski definition) is 2. The summed E-state index contributed by atoms with van der Waals surface area (Å²) < 4.78 is 26.5. The SMILES string of the molecule is O=C(NCc1ccc(Cl)cc1)c1ccc(Nc2ccc(F)cc2F)nn1. The number of rotatable bonds is 5. The summed E-state index contributed by atoms with van der Waals surface area (Å²) in [5.41, 5.74) is 1.06. The summed E-state index contributed by atoms with van der Waals surface area (Å²) in [6, 6.07) is 13.1. The number of benzene rings is 2. The third-order valence-electron chi connectivity index (χ3n) is 3.46. The molecule has 2 N–H and O–H groups in total. The van der Waals surface area contributed by atoms with Crippen LogP contribution in [0.4, 0.5) is 20.3 Å². The van der Waals surface area contributed by atoms with Crippen molar-refractivity contribution in [1.82, 2.24) is 15.5 Å². The molecule has 0 unspecified atom stereocenters. The minimum Gasteiger partial charge on any atom is -0.347 e. The van der Waals surface area contributed by atoms with Crippen molar-refractivity contribution < 1.29 is 13.6 Å². The number of aromatic nitrogens is 2. The van der Waals surface area contributed by atoms with E-state index in [2.05, 4.69) is 20.8 Å². The van der Waals surface area contributed by atoms with Crippen molar-refractivity contribution in [2.24, 2.45) is 0 Å². The first kappa shape index (κ1) is 17.8. The minimum absolute atomic E-state index is 0.0561. The Kier molecular flexibility index (Phi) is 5.38. The molecule has 0 spiro atoms. The van der Waals surface area contributed by atoms with Gasteiger partial charge in [0, 0.05) is 17.6 Å². The smallest absolute Gasteiger partial charge is 0.272 e. The highest BCUT2D eigenvalue weighted by Crippen LogP contribution is 2.19. The highest BCUT2D eigenvalue weighted by Gasteiger charge is 2.09. The molecule has 3 aromatic rings. The van der Waals surface area contributed by atoms with Gasteiger partial charge in [0.25, 0.3) is 5.91 Å². The van der Waals surface area contributed by atoms with Gasteiger partial charge in [0.15, 0.2) is 11.5 Å². The second-order valence-electron chi connectivity index (χ2n) is 5.36. The van der Waals surface area contributed by atoms with Crippen LogP contribution in [0.1, 0.15) is 16.1 Å². The van der Waals surface area contributed by atoms with E-state index in [1.807, 2.05) is 0 Å². The molecule has 8 heteroatoms. The molecule has 2 aromatic carbocycles. The van der Waals surface area contributed by atoms with E-state index in [-0.39, 0.29) is 17.2 Å². The van der Waals surface area contributed by atoms with E-state index < -0.39 is 17.5 Å². The van der Waals surface area contributed by atoms with Gasteiger partial charge in [-0.15, -0.1) is 10.2 Å². The second-order valence-corrected chi connectivity index (χ2v) is 5.80. The Hall–Kier alpha value is -3.06. The van der Waals surface area contributed by atoms with E-state index >= 15 is 0 Å². The van der Waals surface area contributed by atoms with Crippen molar-refractivity contribution in [2.75, 3.05) is 5.32 Å². The Morgan fingerprint density at radius 1 is 1.00 bits per heavy atom. The summed E-state index contributed by atoms with van der Waals surface area (Å²) >= 11 is 5.81. The van der Waals surface area contributed by atoms with Crippen LogP contribution in [0.5, 0.6) is 0 Å². The van der Waals surface area contributed by atoms with Gasteiger partial charge < -0.3 is 10.6 Å². The van der Waals surface area contributed by atoms with Crippen molar-refractivity contribution in [2.45, 2.75) is 6.54 Å². The summed E-state index contributed by atoms with van der Waals surface area (Å²) in [5.74, 6) is -1.60. The number of carbonyl (C=O) groups excluding carboxylic acids is 1. The number of halogens is 3. The van der Waals surface area contributed by atoms with Crippen LogP contribution in [0.25, 0.3) is 0 Å². The average molecular weight is 375 g/mol. The molecule has 1 aromatic heterocycles. The van der Waals surface area contributed by atoms with Crippen LogP contribution in [0.2, 0.25) is 5.02 Å². The number of hydrogen-bond acceptors (Lipinski definition) is 4. The molecule has 0 radical (unpaired) electrons. The lowest BCUT2D eigenvalue weighted by molar-refractivity contribution is 0.0945. The molecule has 3 rings (SSSR count). The van der Waals surface area contributed by atoms with Crippen LogP contribution < -0.4 is 10.6 Å². The predicted octanol–water partition coefficient (Wildman–Crippen LogP) is 4.08. The van der Waals surface area contributed by atoms with Gasteiger partial charge >= 0.3 is 0 Å². The van der Waals surface area contributed by atoms with E-state index in [1.165, 1.54) is 18.2 Å². The van der Waals surface area contributed by atoms with Crippen LogP contribution in [0.3, 0.4) is 0 Å². The number of anilines is 2. The fraction of sp³-hybridized carbons (Fsp3) is 0.0556. The van der Waals surface area contributed by atoms with E-state index in [1.54, 1.807) is 24.3 Å². The molecule has 0 fully saturated rings. The zero-order valence-electron chi connectivity index (χ0n) is 13.3. The summed E-state index contributed by atoms with van der Waals surface area (Å²) in [7, 11) is 0. The number of amides is 1. The van der Waals surface area contributed by atoms with Crippen molar-refractivity contribution in [3.8, 4) is 0 Å². The van der Waals surface area contributed by atoms with Crippen molar-refractivity contribution in [3.63, 3.8) is 0 Å². The first-order valence-corrected chi connectivity index (χ1v) is 7.97. The largest absolute Gasteiger partial charge is 0.347 e. The molecule has 5 nitrogen and oxygen atoms in total. The van der Waals surface area contributed by atoms with Gasteiger partial charge in [0.2, 0.25) is 0 Å². The Morgan fingerprint density at radius 2 is 1.77 bits per heavy atom. The zero-order chi connectivity index (χ0) is 18.5. The van der Waals surface area contributed by atoms with Crippen LogP contribution in [-0.4, -0.2) is 16.1 Å². The van der Waals surface area contributed by atoms with Crippen molar-refractivity contribution in [3.05, 3.63) is 82.5 Å². The first-order chi connectivity index (χ1) is 12.5. The first-order valence-electron chi connectivity index (χ1n) is 7.60. The Bertz CT molecular complexity index is 917. The highest BCUT2D eigenvalue weighted by molar-refractivity contribution is 6.30. The molecule has 132 valence electrons. The van der Waals surface area contributed by atoms with Crippen molar-refractivity contribution >= 4 is 29.0 Å². The Balaban J connectivity index is 1.61. The number of nitrogens with zero attached hydrogens (tertiary/aromatic N) is 2. The highest BCUT2D eigenvalue weighted by atomic mass is 35.5. The minimum atomic E-state index is -0.753. The zero-order valence-corrected chi connectivity index (χ0v) is 14.1. The molecule has 0 bridgehead atoms. The molecule has 26 heavy (non-hydrogen) atoms. The maximum atomic E-state index is 13.6. The molecule has 1 amide bonds. The third-order valence-corrected chi connectivity index (χ3v) is 3.71.